The summed E-state index contributed by atoms with van der Waals surface area (Å²) in [5.41, 5.74) is 4.92. The van der Waals surface area contributed by atoms with Gasteiger partial charge in [-0.25, -0.2) is 0 Å². The quantitative estimate of drug-likeness (QED) is 0.388. The van der Waals surface area contributed by atoms with E-state index in [4.69, 9.17) is 4.74 Å². The highest BCUT2D eigenvalue weighted by Crippen LogP contribution is 2.20. The van der Waals surface area contributed by atoms with E-state index in [-0.39, 0.29) is 12.4 Å². The van der Waals surface area contributed by atoms with Crippen molar-refractivity contribution < 1.29 is 4.74 Å². The molecule has 0 fully saturated rings. The molecule has 0 unspecified atom stereocenters. The second kappa shape index (κ2) is 9.98. The number of nitrogens with one attached hydrogen (secondary N) is 2. The Kier molecular flexibility index (Phi) is 7.12. The molecule has 3 nitrogen and oxygen atoms in total. The summed E-state index contributed by atoms with van der Waals surface area (Å²) in [6, 6.07) is 27.0. The Morgan fingerprint density at radius 1 is 0.786 bits per heavy atom. The van der Waals surface area contributed by atoms with Crippen molar-refractivity contribution in [3.05, 3.63) is 102 Å². The monoisotopic (exact) mass is 392 g/mol. The number of hydrogen-bond acceptors (Lipinski definition) is 2. The fraction of sp³-hybridized carbons (Fsp3) is 0.167. The van der Waals surface area contributed by atoms with E-state index in [1.54, 1.807) is 0 Å². The lowest BCUT2D eigenvalue weighted by Gasteiger charge is -2.12. The predicted molar refractivity (Wildman–Crippen MR) is 118 cm³/mol. The van der Waals surface area contributed by atoms with Crippen LogP contribution in [0.15, 0.2) is 85.1 Å². The van der Waals surface area contributed by atoms with Gasteiger partial charge in [0.2, 0.25) is 0 Å². The highest BCUT2D eigenvalue weighted by atomic mass is 35.5. The first kappa shape index (κ1) is 20.0. The maximum Gasteiger partial charge on any atom is 0.124 e. The molecular weight excluding hydrogens is 368 g/mol. The zero-order chi connectivity index (χ0) is 18.3. The second-order valence-electron chi connectivity index (χ2n) is 6.67. The number of rotatable bonds is 8. The smallest absolute Gasteiger partial charge is 0.124 e. The van der Waals surface area contributed by atoms with Gasteiger partial charge < -0.3 is 15.0 Å². The molecule has 4 aromatic rings. The van der Waals surface area contributed by atoms with E-state index in [0.717, 1.165) is 25.3 Å². The molecule has 28 heavy (non-hydrogen) atoms. The topological polar surface area (TPSA) is 37.0 Å². The molecule has 3 aromatic carbocycles. The third-order valence-corrected chi connectivity index (χ3v) is 4.77. The van der Waals surface area contributed by atoms with Crippen molar-refractivity contribution in [3.63, 3.8) is 0 Å². The van der Waals surface area contributed by atoms with Gasteiger partial charge in [0, 0.05) is 29.2 Å². The van der Waals surface area contributed by atoms with Crippen LogP contribution in [0.4, 0.5) is 0 Å². The second-order valence-corrected chi connectivity index (χ2v) is 6.67. The van der Waals surface area contributed by atoms with Crippen molar-refractivity contribution in [2.24, 2.45) is 0 Å². The van der Waals surface area contributed by atoms with E-state index in [9.17, 15) is 0 Å². The van der Waals surface area contributed by atoms with Crippen LogP contribution in [0.3, 0.4) is 0 Å². The third-order valence-electron chi connectivity index (χ3n) is 4.77. The third kappa shape index (κ3) is 4.94. The fourth-order valence-corrected chi connectivity index (χ4v) is 3.31. The zero-order valence-corrected chi connectivity index (χ0v) is 16.5. The Morgan fingerprint density at radius 3 is 2.43 bits per heavy atom. The van der Waals surface area contributed by atoms with Crippen molar-refractivity contribution in [3.8, 4) is 5.75 Å². The molecule has 0 amide bonds. The highest BCUT2D eigenvalue weighted by molar-refractivity contribution is 5.85. The number of aromatic amines is 1. The molecule has 144 valence electrons. The van der Waals surface area contributed by atoms with Crippen molar-refractivity contribution in [1.82, 2.24) is 10.3 Å². The number of fused-ring (bicyclic) bond motifs is 1. The molecule has 2 N–H and O–H groups in total. The van der Waals surface area contributed by atoms with Crippen LogP contribution in [0.2, 0.25) is 0 Å². The standard InChI is InChI=1S/C24H24N2O.ClH/c1-2-8-19(9-3-1)18-27-24-13-7-4-10-21(24)16-25-15-14-20-17-26-23-12-6-5-11-22(20)23;/h1-13,17,25-26H,14-16,18H2;1H. The van der Waals surface area contributed by atoms with Crippen LogP contribution in [0.1, 0.15) is 16.7 Å². The lowest BCUT2D eigenvalue weighted by molar-refractivity contribution is 0.302. The van der Waals surface area contributed by atoms with E-state index < -0.39 is 0 Å². The van der Waals surface area contributed by atoms with Crippen LogP contribution in [0, 0.1) is 0 Å². The molecule has 1 heterocycles. The lowest BCUT2D eigenvalue weighted by atomic mass is 10.1. The maximum absolute atomic E-state index is 6.04. The summed E-state index contributed by atoms with van der Waals surface area (Å²) < 4.78 is 6.04. The number of ether oxygens (including phenoxy) is 1. The minimum Gasteiger partial charge on any atom is -0.489 e. The average Bonchev–Trinajstić information content (AvgIpc) is 3.14. The van der Waals surface area contributed by atoms with Crippen molar-refractivity contribution in [2.75, 3.05) is 6.54 Å². The summed E-state index contributed by atoms with van der Waals surface area (Å²) in [4.78, 5) is 3.34. The molecule has 0 aliphatic carbocycles. The summed E-state index contributed by atoms with van der Waals surface area (Å²) in [7, 11) is 0. The Labute approximate surface area is 172 Å². The first-order valence-corrected chi connectivity index (χ1v) is 9.40. The summed E-state index contributed by atoms with van der Waals surface area (Å²) in [6.45, 7) is 2.31. The molecular formula is C24H25ClN2O. The summed E-state index contributed by atoms with van der Waals surface area (Å²) in [6.07, 6.45) is 3.11. The lowest BCUT2D eigenvalue weighted by Crippen LogP contribution is -2.17. The molecule has 0 atom stereocenters. The normalized spacial score (nSPS) is 10.6. The van der Waals surface area contributed by atoms with Gasteiger partial charge in [-0.1, -0.05) is 66.7 Å². The largest absolute Gasteiger partial charge is 0.489 e. The van der Waals surface area contributed by atoms with Crippen molar-refractivity contribution in [2.45, 2.75) is 19.6 Å². The number of halogens is 1. The Morgan fingerprint density at radius 2 is 1.54 bits per heavy atom. The molecule has 1 aromatic heterocycles. The summed E-state index contributed by atoms with van der Waals surface area (Å²) in [5.74, 6) is 0.945. The van der Waals surface area contributed by atoms with Crippen molar-refractivity contribution >= 4 is 23.3 Å². The van der Waals surface area contributed by atoms with Gasteiger partial charge in [-0.3, -0.25) is 0 Å². The Balaban J connectivity index is 0.00000225. The first-order valence-electron chi connectivity index (χ1n) is 9.40. The molecule has 4 heteroatoms. The van der Waals surface area contributed by atoms with Gasteiger partial charge in [0.1, 0.15) is 12.4 Å². The van der Waals surface area contributed by atoms with Crippen LogP contribution >= 0.6 is 12.4 Å². The van der Waals surface area contributed by atoms with Gasteiger partial charge >= 0.3 is 0 Å². The minimum atomic E-state index is 0. The molecule has 0 saturated heterocycles. The van der Waals surface area contributed by atoms with Crippen LogP contribution < -0.4 is 10.1 Å². The minimum absolute atomic E-state index is 0. The van der Waals surface area contributed by atoms with Crippen LogP contribution in [-0.2, 0) is 19.6 Å². The number of aromatic nitrogens is 1. The van der Waals surface area contributed by atoms with E-state index in [2.05, 4.69) is 65.0 Å². The number of benzene rings is 3. The number of hydrogen-bond donors (Lipinski definition) is 2. The van der Waals surface area contributed by atoms with Gasteiger partial charge in [-0.05, 0) is 36.2 Å². The van der Waals surface area contributed by atoms with E-state index in [0.29, 0.717) is 6.61 Å². The van der Waals surface area contributed by atoms with Crippen LogP contribution in [0.5, 0.6) is 5.75 Å². The number of para-hydroxylation sites is 2. The SMILES string of the molecule is Cl.c1ccc(COc2ccccc2CNCCc2c[nH]c3ccccc23)cc1. The summed E-state index contributed by atoms with van der Waals surface area (Å²) >= 11 is 0. The van der Waals surface area contributed by atoms with E-state index in [1.165, 1.54) is 27.6 Å². The number of H-pyrrole nitrogens is 1. The molecule has 4 rings (SSSR count). The molecule has 0 saturated carbocycles. The maximum atomic E-state index is 6.04. The Bertz CT molecular complexity index is 998. The van der Waals surface area contributed by atoms with Crippen LogP contribution in [0.25, 0.3) is 10.9 Å². The van der Waals surface area contributed by atoms with Gasteiger partial charge in [-0.2, -0.15) is 0 Å². The van der Waals surface area contributed by atoms with Gasteiger partial charge in [0.15, 0.2) is 0 Å². The molecule has 0 spiro atoms. The van der Waals surface area contributed by atoms with E-state index >= 15 is 0 Å². The van der Waals surface area contributed by atoms with Crippen molar-refractivity contribution in [1.29, 1.82) is 0 Å². The predicted octanol–water partition coefficient (Wildman–Crippen LogP) is 5.50. The molecule has 0 radical (unpaired) electrons. The molecule has 0 aliphatic rings. The van der Waals surface area contributed by atoms with Gasteiger partial charge in [-0.15, -0.1) is 12.4 Å². The highest BCUT2D eigenvalue weighted by Gasteiger charge is 2.05. The fourth-order valence-electron chi connectivity index (χ4n) is 3.31. The van der Waals surface area contributed by atoms with Gasteiger partial charge in [0.25, 0.3) is 0 Å². The van der Waals surface area contributed by atoms with E-state index in [1.807, 2.05) is 30.3 Å². The first-order chi connectivity index (χ1) is 13.4. The zero-order valence-electron chi connectivity index (χ0n) is 15.7. The average molecular weight is 393 g/mol. The molecule has 0 aliphatic heterocycles. The van der Waals surface area contributed by atoms with Crippen LogP contribution in [-0.4, -0.2) is 11.5 Å². The molecule has 0 bridgehead atoms. The summed E-state index contributed by atoms with van der Waals surface area (Å²) in [5, 5.41) is 4.86. The Hall–Kier alpha value is -2.75. The van der Waals surface area contributed by atoms with Gasteiger partial charge in [0.05, 0.1) is 0 Å².